The molecule has 2 atom stereocenters. The van der Waals surface area contributed by atoms with Gasteiger partial charge >= 0.3 is 6.03 Å². The first kappa shape index (κ1) is 16.8. The number of aryl methyl sites for hydroxylation is 1. The summed E-state index contributed by atoms with van der Waals surface area (Å²) in [5.74, 6) is 0.455. The van der Waals surface area contributed by atoms with Gasteiger partial charge in [0, 0.05) is 33.0 Å². The molecule has 2 amide bonds. The second-order valence-corrected chi connectivity index (χ2v) is 7.36. The highest BCUT2D eigenvalue weighted by atomic mass is 16.7. The minimum atomic E-state index is -0.386. The quantitative estimate of drug-likeness (QED) is 0.899. The summed E-state index contributed by atoms with van der Waals surface area (Å²) in [6.45, 7) is 1.80. The monoisotopic (exact) mass is 349 g/mol. The van der Waals surface area contributed by atoms with Gasteiger partial charge in [-0.1, -0.05) is 6.42 Å². The molecule has 1 N–H and O–H groups in total. The Kier molecular flexibility index (Phi) is 4.64. The smallest absolute Gasteiger partial charge is 0.318 e. The molecule has 8 heteroatoms. The van der Waals surface area contributed by atoms with Crippen LogP contribution in [0.15, 0.2) is 6.33 Å². The van der Waals surface area contributed by atoms with Crippen LogP contribution in [0.5, 0.6) is 0 Å². The number of nitrogens with one attached hydrogen (secondary N) is 1. The lowest BCUT2D eigenvalue weighted by Gasteiger charge is -2.31. The van der Waals surface area contributed by atoms with Gasteiger partial charge in [0.2, 0.25) is 0 Å². The molecular weight excluding hydrogens is 322 g/mol. The van der Waals surface area contributed by atoms with E-state index in [4.69, 9.17) is 9.47 Å². The van der Waals surface area contributed by atoms with E-state index in [2.05, 4.69) is 15.5 Å². The van der Waals surface area contributed by atoms with E-state index in [1.54, 1.807) is 6.33 Å². The number of likely N-dealkylation sites (tertiary alicyclic amines) is 1. The van der Waals surface area contributed by atoms with Crippen molar-refractivity contribution in [2.75, 3.05) is 19.7 Å². The zero-order valence-corrected chi connectivity index (χ0v) is 14.8. The van der Waals surface area contributed by atoms with Crippen molar-refractivity contribution < 1.29 is 14.3 Å². The number of hydrogen-bond donors (Lipinski definition) is 1. The first-order chi connectivity index (χ1) is 12.2. The summed E-state index contributed by atoms with van der Waals surface area (Å²) in [5.41, 5.74) is 0. The number of carbonyl (C=O) groups is 1. The van der Waals surface area contributed by atoms with E-state index in [1.807, 2.05) is 16.5 Å². The van der Waals surface area contributed by atoms with Gasteiger partial charge < -0.3 is 24.3 Å². The number of amides is 2. The van der Waals surface area contributed by atoms with Crippen LogP contribution in [0.25, 0.3) is 0 Å². The Morgan fingerprint density at radius 3 is 2.96 bits per heavy atom. The van der Waals surface area contributed by atoms with Crippen molar-refractivity contribution in [2.45, 2.75) is 62.9 Å². The van der Waals surface area contributed by atoms with E-state index in [1.165, 1.54) is 6.42 Å². The van der Waals surface area contributed by atoms with E-state index in [0.717, 1.165) is 50.9 Å². The number of ether oxygens (including phenoxy) is 2. The molecule has 0 unspecified atom stereocenters. The summed E-state index contributed by atoms with van der Waals surface area (Å²) in [5, 5.41) is 11.1. The second kappa shape index (κ2) is 6.92. The molecular formula is C17H27N5O3. The maximum atomic E-state index is 12.6. The van der Waals surface area contributed by atoms with Crippen molar-refractivity contribution in [3.8, 4) is 0 Å². The van der Waals surface area contributed by atoms with Gasteiger partial charge in [-0.05, 0) is 25.7 Å². The Hall–Kier alpha value is -1.67. The van der Waals surface area contributed by atoms with Gasteiger partial charge in [0.25, 0.3) is 0 Å². The maximum absolute atomic E-state index is 12.6. The summed E-state index contributed by atoms with van der Waals surface area (Å²) in [6, 6.07) is -0.0587. The van der Waals surface area contributed by atoms with Crippen LogP contribution in [-0.2, 0) is 16.5 Å². The molecule has 0 aromatic carbocycles. The van der Waals surface area contributed by atoms with Crippen molar-refractivity contribution in [2.24, 2.45) is 7.05 Å². The normalized spacial score (nSPS) is 28.6. The van der Waals surface area contributed by atoms with E-state index in [0.29, 0.717) is 13.2 Å². The van der Waals surface area contributed by atoms with Crippen molar-refractivity contribution in [3.63, 3.8) is 0 Å². The number of urea groups is 1. The average molecular weight is 349 g/mol. The van der Waals surface area contributed by atoms with Gasteiger partial charge in [-0.2, -0.15) is 0 Å². The van der Waals surface area contributed by atoms with Crippen molar-refractivity contribution >= 4 is 6.03 Å². The summed E-state index contributed by atoms with van der Waals surface area (Å²) in [7, 11) is 1.91. The van der Waals surface area contributed by atoms with Gasteiger partial charge in [-0.25, -0.2) is 4.79 Å². The van der Waals surface area contributed by atoms with Gasteiger partial charge in [-0.3, -0.25) is 0 Å². The molecule has 2 saturated heterocycles. The minimum Gasteiger partial charge on any atom is -0.347 e. The zero-order valence-electron chi connectivity index (χ0n) is 14.8. The minimum absolute atomic E-state index is 0.00191. The summed E-state index contributed by atoms with van der Waals surface area (Å²) in [6.07, 6.45) is 9.04. The number of carbonyl (C=O) groups excluding carboxylic acids is 1. The molecule has 2 aliphatic heterocycles. The fraction of sp³-hybridized carbons (Fsp3) is 0.824. The molecule has 1 aliphatic carbocycles. The fourth-order valence-corrected chi connectivity index (χ4v) is 4.24. The van der Waals surface area contributed by atoms with Gasteiger partial charge in [0.1, 0.15) is 12.4 Å². The predicted molar refractivity (Wildman–Crippen MR) is 89.7 cm³/mol. The third kappa shape index (κ3) is 3.37. The Morgan fingerprint density at radius 1 is 1.36 bits per heavy atom. The Balaban J connectivity index is 1.31. The third-order valence-electron chi connectivity index (χ3n) is 5.57. The number of aromatic nitrogens is 3. The lowest BCUT2D eigenvalue weighted by molar-refractivity contribution is -0.186. The fourth-order valence-electron chi connectivity index (χ4n) is 4.24. The summed E-state index contributed by atoms with van der Waals surface area (Å²) in [4.78, 5) is 14.5. The first-order valence-corrected chi connectivity index (χ1v) is 9.37. The van der Waals surface area contributed by atoms with Gasteiger partial charge in [0.15, 0.2) is 11.6 Å². The third-order valence-corrected chi connectivity index (χ3v) is 5.57. The molecule has 1 aromatic rings. The van der Waals surface area contributed by atoms with E-state index in [-0.39, 0.29) is 24.0 Å². The molecule has 0 radical (unpaired) electrons. The van der Waals surface area contributed by atoms with Crippen LogP contribution in [0.4, 0.5) is 4.79 Å². The number of nitrogens with zero attached hydrogens (tertiary/aromatic N) is 4. The molecule has 25 heavy (non-hydrogen) atoms. The molecule has 3 heterocycles. The molecule has 3 fully saturated rings. The van der Waals surface area contributed by atoms with Gasteiger partial charge in [-0.15, -0.1) is 10.2 Å². The van der Waals surface area contributed by atoms with Crippen LogP contribution in [0.2, 0.25) is 0 Å². The molecule has 0 bridgehead atoms. The first-order valence-electron chi connectivity index (χ1n) is 9.37. The van der Waals surface area contributed by atoms with Crippen LogP contribution in [0, 0.1) is 0 Å². The molecule has 4 rings (SSSR count). The zero-order chi connectivity index (χ0) is 17.3. The highest BCUT2D eigenvalue weighted by molar-refractivity contribution is 5.75. The lowest BCUT2D eigenvalue weighted by Crippen LogP contribution is -2.44. The molecule has 1 aromatic heterocycles. The van der Waals surface area contributed by atoms with Crippen molar-refractivity contribution in [3.05, 3.63) is 12.2 Å². The topological polar surface area (TPSA) is 81.5 Å². The van der Waals surface area contributed by atoms with E-state index in [9.17, 15) is 4.79 Å². The number of hydrogen-bond acceptors (Lipinski definition) is 5. The van der Waals surface area contributed by atoms with E-state index >= 15 is 0 Å². The SMILES string of the molecule is Cn1cnnc1[C@H]1CCCN1C(=O)NC[C@@H]1COC2(CCCCC2)O1. The van der Waals surface area contributed by atoms with Crippen LogP contribution in [-0.4, -0.2) is 57.3 Å². The Morgan fingerprint density at radius 2 is 2.20 bits per heavy atom. The average Bonchev–Trinajstić information content (AvgIpc) is 3.33. The standard InChI is InChI=1S/C17H27N5O3/c1-21-12-19-20-15(21)14-6-5-9-22(14)16(23)18-10-13-11-24-17(25-13)7-3-2-4-8-17/h12-14H,2-11H2,1H3,(H,18,23)/t13-,14-/m1/s1. The lowest BCUT2D eigenvalue weighted by atomic mass is 9.94. The van der Waals surface area contributed by atoms with Crippen molar-refractivity contribution in [1.82, 2.24) is 25.0 Å². The summed E-state index contributed by atoms with van der Waals surface area (Å²) >= 11 is 0. The van der Waals surface area contributed by atoms with Crippen LogP contribution >= 0.6 is 0 Å². The Labute approximate surface area is 147 Å². The second-order valence-electron chi connectivity index (χ2n) is 7.36. The van der Waals surface area contributed by atoms with Crippen LogP contribution in [0.1, 0.15) is 56.8 Å². The summed E-state index contributed by atoms with van der Waals surface area (Å²) < 4.78 is 14.0. The van der Waals surface area contributed by atoms with Gasteiger partial charge in [0.05, 0.1) is 12.6 Å². The molecule has 1 saturated carbocycles. The Bertz CT molecular complexity index is 613. The predicted octanol–water partition coefficient (Wildman–Crippen LogP) is 1.74. The highest BCUT2D eigenvalue weighted by Crippen LogP contribution is 2.37. The van der Waals surface area contributed by atoms with E-state index < -0.39 is 0 Å². The van der Waals surface area contributed by atoms with Crippen LogP contribution < -0.4 is 5.32 Å². The van der Waals surface area contributed by atoms with Crippen molar-refractivity contribution in [1.29, 1.82) is 0 Å². The molecule has 138 valence electrons. The number of rotatable bonds is 3. The molecule has 1 spiro atoms. The maximum Gasteiger partial charge on any atom is 0.318 e. The van der Waals surface area contributed by atoms with Crippen LogP contribution in [0.3, 0.4) is 0 Å². The largest absolute Gasteiger partial charge is 0.347 e. The molecule has 3 aliphatic rings. The highest BCUT2D eigenvalue weighted by Gasteiger charge is 2.42. The molecule has 8 nitrogen and oxygen atoms in total.